The first-order chi connectivity index (χ1) is 8.22. The van der Waals surface area contributed by atoms with Crippen LogP contribution in [0.4, 0.5) is 0 Å². The standard InChI is InChI=1S/C12H13N3O2/c1-3-17-12(16)8(2)11-13-9-6-4-5-7-10(9)14-15-11/h4-8H,3H2,1-2H3/t8-/m1/s1. The van der Waals surface area contributed by atoms with Crippen molar-refractivity contribution in [2.75, 3.05) is 6.61 Å². The topological polar surface area (TPSA) is 65.0 Å². The van der Waals surface area contributed by atoms with E-state index in [4.69, 9.17) is 4.74 Å². The van der Waals surface area contributed by atoms with E-state index in [-0.39, 0.29) is 5.97 Å². The normalized spacial score (nSPS) is 12.4. The molecule has 88 valence electrons. The molecule has 0 bridgehead atoms. The zero-order valence-electron chi connectivity index (χ0n) is 9.75. The Morgan fingerprint density at radius 3 is 2.71 bits per heavy atom. The van der Waals surface area contributed by atoms with E-state index in [0.29, 0.717) is 17.9 Å². The zero-order chi connectivity index (χ0) is 12.3. The fraction of sp³-hybridized carbons (Fsp3) is 0.333. The second kappa shape index (κ2) is 4.86. The average molecular weight is 231 g/mol. The van der Waals surface area contributed by atoms with Gasteiger partial charge in [-0.05, 0) is 26.0 Å². The molecule has 0 saturated carbocycles. The van der Waals surface area contributed by atoms with Gasteiger partial charge in [0, 0.05) is 0 Å². The SMILES string of the molecule is CCOC(=O)[C@H](C)c1nnc2ccccc2n1. The molecule has 1 atom stereocenters. The van der Waals surface area contributed by atoms with E-state index in [1.165, 1.54) is 0 Å². The van der Waals surface area contributed by atoms with Crippen LogP contribution in [0, 0.1) is 0 Å². The van der Waals surface area contributed by atoms with Crippen LogP contribution in [0.1, 0.15) is 25.6 Å². The molecule has 0 spiro atoms. The fourth-order valence-corrected chi connectivity index (χ4v) is 1.45. The van der Waals surface area contributed by atoms with Crippen LogP contribution in [0.5, 0.6) is 0 Å². The maximum atomic E-state index is 11.5. The molecule has 2 aromatic rings. The van der Waals surface area contributed by atoms with Gasteiger partial charge in [0.2, 0.25) is 0 Å². The van der Waals surface area contributed by atoms with Crippen LogP contribution in [0.3, 0.4) is 0 Å². The van der Waals surface area contributed by atoms with Crippen LogP contribution in [0.15, 0.2) is 24.3 Å². The van der Waals surface area contributed by atoms with Crippen molar-refractivity contribution in [3.63, 3.8) is 0 Å². The number of hydrogen-bond acceptors (Lipinski definition) is 5. The minimum Gasteiger partial charge on any atom is -0.465 e. The average Bonchev–Trinajstić information content (AvgIpc) is 2.37. The Morgan fingerprint density at radius 2 is 2.00 bits per heavy atom. The Bertz CT molecular complexity index is 542. The molecule has 0 aliphatic carbocycles. The summed E-state index contributed by atoms with van der Waals surface area (Å²) in [4.78, 5) is 15.9. The van der Waals surface area contributed by atoms with Gasteiger partial charge in [0.05, 0.1) is 12.1 Å². The van der Waals surface area contributed by atoms with Gasteiger partial charge in [-0.3, -0.25) is 4.79 Å². The molecule has 0 aliphatic heterocycles. The van der Waals surface area contributed by atoms with Gasteiger partial charge in [-0.15, -0.1) is 10.2 Å². The predicted molar refractivity (Wildman–Crippen MR) is 62.4 cm³/mol. The molecule has 1 aromatic heterocycles. The Hall–Kier alpha value is -2.04. The molecule has 5 heteroatoms. The van der Waals surface area contributed by atoms with Crippen LogP contribution in [-0.2, 0) is 9.53 Å². The monoisotopic (exact) mass is 231 g/mol. The van der Waals surface area contributed by atoms with Crippen LogP contribution in [0.25, 0.3) is 11.0 Å². The van der Waals surface area contributed by atoms with E-state index in [0.717, 1.165) is 5.52 Å². The van der Waals surface area contributed by atoms with Crippen molar-refractivity contribution in [2.24, 2.45) is 0 Å². The molecule has 0 saturated heterocycles. The first-order valence-electron chi connectivity index (χ1n) is 5.48. The number of aromatic nitrogens is 3. The minimum absolute atomic E-state index is 0.329. The number of esters is 1. The largest absolute Gasteiger partial charge is 0.465 e. The van der Waals surface area contributed by atoms with Crippen molar-refractivity contribution in [1.82, 2.24) is 15.2 Å². The van der Waals surface area contributed by atoms with E-state index in [1.54, 1.807) is 13.8 Å². The van der Waals surface area contributed by atoms with Gasteiger partial charge in [0.15, 0.2) is 5.82 Å². The van der Waals surface area contributed by atoms with E-state index in [1.807, 2.05) is 24.3 Å². The van der Waals surface area contributed by atoms with Crippen molar-refractivity contribution in [1.29, 1.82) is 0 Å². The lowest BCUT2D eigenvalue weighted by Gasteiger charge is -2.08. The number of para-hydroxylation sites is 1. The summed E-state index contributed by atoms with van der Waals surface area (Å²) in [6.07, 6.45) is 0. The molecule has 5 nitrogen and oxygen atoms in total. The van der Waals surface area contributed by atoms with Crippen molar-refractivity contribution in [3.05, 3.63) is 30.1 Å². The summed E-state index contributed by atoms with van der Waals surface area (Å²) in [6, 6.07) is 7.41. The van der Waals surface area contributed by atoms with Crippen molar-refractivity contribution in [3.8, 4) is 0 Å². The third-order valence-corrected chi connectivity index (χ3v) is 2.40. The lowest BCUT2D eigenvalue weighted by atomic mass is 10.1. The summed E-state index contributed by atoms with van der Waals surface area (Å²) in [6.45, 7) is 3.83. The van der Waals surface area contributed by atoms with Gasteiger partial charge in [-0.2, -0.15) is 0 Å². The van der Waals surface area contributed by atoms with Crippen LogP contribution in [-0.4, -0.2) is 27.8 Å². The Labute approximate surface area is 98.8 Å². The van der Waals surface area contributed by atoms with Crippen LogP contribution >= 0.6 is 0 Å². The van der Waals surface area contributed by atoms with Crippen molar-refractivity contribution in [2.45, 2.75) is 19.8 Å². The van der Waals surface area contributed by atoms with Gasteiger partial charge in [0.1, 0.15) is 11.4 Å². The quantitative estimate of drug-likeness (QED) is 0.752. The first kappa shape index (κ1) is 11.4. The summed E-state index contributed by atoms with van der Waals surface area (Å²) < 4.78 is 4.92. The molecule has 1 heterocycles. The Kier molecular flexibility index (Phi) is 3.27. The van der Waals surface area contributed by atoms with Gasteiger partial charge < -0.3 is 4.74 Å². The number of hydrogen-bond donors (Lipinski definition) is 0. The fourth-order valence-electron chi connectivity index (χ4n) is 1.45. The number of rotatable bonds is 3. The van der Waals surface area contributed by atoms with Gasteiger partial charge >= 0.3 is 5.97 Å². The molecular formula is C12H13N3O2. The molecule has 2 rings (SSSR count). The number of fused-ring (bicyclic) bond motifs is 1. The zero-order valence-corrected chi connectivity index (χ0v) is 9.75. The number of nitrogens with zero attached hydrogens (tertiary/aromatic N) is 3. The van der Waals surface area contributed by atoms with Gasteiger partial charge in [-0.25, -0.2) is 4.98 Å². The molecule has 0 unspecified atom stereocenters. The van der Waals surface area contributed by atoms with E-state index in [9.17, 15) is 4.79 Å². The first-order valence-corrected chi connectivity index (χ1v) is 5.48. The minimum atomic E-state index is -0.493. The highest BCUT2D eigenvalue weighted by atomic mass is 16.5. The van der Waals surface area contributed by atoms with Crippen molar-refractivity contribution < 1.29 is 9.53 Å². The molecule has 0 radical (unpaired) electrons. The molecule has 0 aliphatic rings. The predicted octanol–water partition coefficient (Wildman–Crippen LogP) is 1.69. The molecule has 0 amide bonds. The third kappa shape index (κ3) is 2.38. The van der Waals surface area contributed by atoms with Crippen molar-refractivity contribution >= 4 is 17.0 Å². The highest BCUT2D eigenvalue weighted by Gasteiger charge is 2.20. The molecule has 0 N–H and O–H groups in total. The Morgan fingerprint density at radius 1 is 1.29 bits per heavy atom. The molecule has 17 heavy (non-hydrogen) atoms. The summed E-state index contributed by atoms with van der Waals surface area (Å²) >= 11 is 0. The summed E-state index contributed by atoms with van der Waals surface area (Å²) in [5, 5.41) is 7.97. The summed E-state index contributed by atoms with van der Waals surface area (Å²) in [7, 11) is 0. The van der Waals surface area contributed by atoms with Gasteiger partial charge in [-0.1, -0.05) is 12.1 Å². The number of ether oxygens (including phenoxy) is 1. The summed E-state index contributed by atoms with van der Waals surface area (Å²) in [5.41, 5.74) is 1.45. The third-order valence-electron chi connectivity index (χ3n) is 2.40. The maximum Gasteiger partial charge on any atom is 0.316 e. The second-order valence-electron chi connectivity index (χ2n) is 3.63. The number of carbonyl (C=O) groups is 1. The lowest BCUT2D eigenvalue weighted by molar-refractivity contribution is -0.144. The Balaban J connectivity index is 2.32. The maximum absolute atomic E-state index is 11.5. The molecule has 1 aromatic carbocycles. The van der Waals surface area contributed by atoms with E-state index >= 15 is 0 Å². The molecular weight excluding hydrogens is 218 g/mol. The smallest absolute Gasteiger partial charge is 0.316 e. The number of benzene rings is 1. The van der Waals surface area contributed by atoms with Crippen LogP contribution < -0.4 is 0 Å². The highest BCUT2D eigenvalue weighted by Crippen LogP contribution is 2.14. The van der Waals surface area contributed by atoms with Gasteiger partial charge in [0.25, 0.3) is 0 Å². The second-order valence-corrected chi connectivity index (χ2v) is 3.63. The molecule has 0 fully saturated rings. The number of carbonyl (C=O) groups excluding carboxylic acids is 1. The van der Waals surface area contributed by atoms with E-state index in [2.05, 4.69) is 15.2 Å². The summed E-state index contributed by atoms with van der Waals surface area (Å²) in [5.74, 6) is -0.432. The van der Waals surface area contributed by atoms with E-state index < -0.39 is 5.92 Å². The highest BCUT2D eigenvalue weighted by molar-refractivity contribution is 5.78. The lowest BCUT2D eigenvalue weighted by Crippen LogP contribution is -2.16. The van der Waals surface area contributed by atoms with Crippen LogP contribution in [0.2, 0.25) is 0 Å².